The number of pyridine rings is 1. The quantitative estimate of drug-likeness (QED) is 0.102. The van der Waals surface area contributed by atoms with E-state index >= 15 is 0 Å². The number of nitrogens with zero attached hydrogens (tertiary/aromatic N) is 2. The molecule has 2 N–H and O–H groups in total. The van der Waals surface area contributed by atoms with Crippen LogP contribution in [0.1, 0.15) is 74.1 Å². The third-order valence-electron chi connectivity index (χ3n) is 9.89. The number of likely N-dealkylation sites (N-methyl/N-ethyl adjacent to an activating group) is 1. The number of aldehydes is 1. The summed E-state index contributed by atoms with van der Waals surface area (Å²) in [5, 5.41) is 9.61. The molecule has 1 atom stereocenters. The van der Waals surface area contributed by atoms with Crippen LogP contribution in [0.15, 0.2) is 85.1 Å². The molecule has 6 rings (SSSR count). The lowest BCUT2D eigenvalue weighted by atomic mass is 9.78. The van der Waals surface area contributed by atoms with Crippen molar-refractivity contribution in [2.24, 2.45) is 0 Å². The molecule has 9 heteroatoms. The summed E-state index contributed by atoms with van der Waals surface area (Å²) in [5.41, 5.74) is 3.47. The number of Topliss-reactive ketones (excluding diaryl/α,β-unsaturated/α-hetero) is 1. The van der Waals surface area contributed by atoms with Crippen LogP contribution < -0.4 is 30.8 Å². The number of nitrogens with one attached hydrogen (secondary N) is 2. The van der Waals surface area contributed by atoms with Crippen molar-refractivity contribution in [1.29, 1.82) is 0 Å². The second-order valence-corrected chi connectivity index (χ2v) is 13.7. The zero-order valence-corrected chi connectivity index (χ0v) is 29.6. The number of hydrogen-bond acceptors (Lipinski definition) is 7. The summed E-state index contributed by atoms with van der Waals surface area (Å²) in [6, 6.07) is 25.6. The first kappa shape index (κ1) is 35.1. The third-order valence-corrected chi connectivity index (χ3v) is 9.89. The van der Waals surface area contributed by atoms with E-state index in [0.717, 1.165) is 46.9 Å². The highest BCUT2D eigenvalue weighted by Crippen LogP contribution is 2.35. The Morgan fingerprint density at radius 3 is 2.14 bits per heavy atom. The molecule has 262 valence electrons. The molecule has 51 heavy (non-hydrogen) atoms. The Morgan fingerprint density at radius 2 is 1.55 bits per heavy atom. The zero-order valence-electron chi connectivity index (χ0n) is 29.6. The number of carbonyl (C=O) groups excluding carboxylic acids is 3. The highest BCUT2D eigenvalue weighted by molar-refractivity contribution is 5.92. The zero-order chi connectivity index (χ0) is 36.3. The second kappa shape index (κ2) is 14.6. The number of hydrogen-bond donors (Lipinski definition) is 2. The van der Waals surface area contributed by atoms with Gasteiger partial charge in [-0.2, -0.15) is 0 Å². The summed E-state index contributed by atoms with van der Waals surface area (Å²) in [5.74, 6) is 1.86. The van der Waals surface area contributed by atoms with Crippen LogP contribution in [0.3, 0.4) is 0 Å². The van der Waals surface area contributed by atoms with Gasteiger partial charge in [0.25, 0.3) is 0 Å². The maximum absolute atomic E-state index is 12.7. The number of carbonyl (C=O) groups is 3. The second-order valence-electron chi connectivity index (χ2n) is 13.7. The topological polar surface area (TPSA) is 112 Å². The van der Waals surface area contributed by atoms with Crippen LogP contribution in [0.4, 0.5) is 5.69 Å². The fraction of sp³-hybridized carbons (Fsp3) is 0.286. The number of benzene rings is 3. The monoisotopic (exact) mass is 684 g/mol. The van der Waals surface area contributed by atoms with E-state index in [1.165, 1.54) is 12.5 Å². The molecular weight excluding hydrogens is 640 g/mol. The van der Waals surface area contributed by atoms with E-state index in [1.54, 1.807) is 25.4 Å². The molecule has 0 bridgehead atoms. The smallest absolute Gasteiger partial charge is 0.242 e. The maximum Gasteiger partial charge on any atom is 0.242 e. The summed E-state index contributed by atoms with van der Waals surface area (Å²) in [4.78, 5) is 39.4. The van der Waals surface area contributed by atoms with E-state index in [4.69, 9.17) is 9.47 Å². The van der Waals surface area contributed by atoms with Crippen molar-refractivity contribution in [3.63, 3.8) is 0 Å². The van der Waals surface area contributed by atoms with Crippen LogP contribution in [-0.4, -0.2) is 46.7 Å². The molecule has 1 fully saturated rings. The van der Waals surface area contributed by atoms with Gasteiger partial charge < -0.3 is 29.5 Å². The maximum atomic E-state index is 12.7. The van der Waals surface area contributed by atoms with Crippen LogP contribution >= 0.6 is 0 Å². The van der Waals surface area contributed by atoms with Gasteiger partial charge in [-0.05, 0) is 66.1 Å². The minimum absolute atomic E-state index is 0.0814. The molecule has 0 radical (unpaired) electrons. The molecule has 9 nitrogen and oxygen atoms in total. The lowest BCUT2D eigenvalue weighted by Crippen LogP contribution is -2.42. The average molecular weight is 685 g/mol. The molecule has 1 aliphatic rings. The van der Waals surface area contributed by atoms with Gasteiger partial charge in [0.15, 0.2) is 5.78 Å². The first-order chi connectivity index (χ1) is 24.5. The minimum atomic E-state index is -0.552. The lowest BCUT2D eigenvalue weighted by Gasteiger charge is -2.36. The number of ether oxygens (including phenoxy) is 2. The Balaban J connectivity index is 1.04. The molecule has 0 spiro atoms. The molecule has 0 aliphatic heterocycles. The molecule has 2 heterocycles. The predicted molar refractivity (Wildman–Crippen MR) is 201 cm³/mol. The average Bonchev–Trinajstić information content (AvgIpc) is 3.36. The minimum Gasteiger partial charge on any atom is -0.490 e. The molecule has 1 unspecified atom stereocenters. The van der Waals surface area contributed by atoms with Gasteiger partial charge in [0.1, 0.15) is 41.4 Å². The summed E-state index contributed by atoms with van der Waals surface area (Å²) in [6.45, 7) is 14.4. The first-order valence-electron chi connectivity index (χ1n) is 17.2. The lowest BCUT2D eigenvalue weighted by molar-refractivity contribution is -0.124. The highest BCUT2D eigenvalue weighted by Gasteiger charge is 2.31. The summed E-state index contributed by atoms with van der Waals surface area (Å²) < 4.78 is 14.1. The van der Waals surface area contributed by atoms with Gasteiger partial charge in [-0.1, -0.05) is 57.3 Å². The fourth-order valence-electron chi connectivity index (χ4n) is 6.74. The van der Waals surface area contributed by atoms with Crippen LogP contribution in [0.2, 0.25) is 0 Å². The van der Waals surface area contributed by atoms with Crippen LogP contribution in [0, 0.1) is 0 Å². The number of rotatable bonds is 14. The highest BCUT2D eigenvalue weighted by atomic mass is 16.5. The van der Waals surface area contributed by atoms with Crippen molar-refractivity contribution in [3.8, 4) is 17.2 Å². The van der Waals surface area contributed by atoms with Gasteiger partial charge in [0.05, 0.1) is 6.20 Å². The first-order valence-corrected chi connectivity index (χ1v) is 17.2. The van der Waals surface area contributed by atoms with E-state index < -0.39 is 6.04 Å². The van der Waals surface area contributed by atoms with Crippen molar-refractivity contribution in [1.82, 2.24) is 14.9 Å². The molecule has 1 aliphatic carbocycles. The predicted octanol–water partition coefficient (Wildman–Crippen LogP) is 6.47. The van der Waals surface area contributed by atoms with Crippen LogP contribution in [0.5, 0.6) is 17.2 Å². The van der Waals surface area contributed by atoms with Gasteiger partial charge >= 0.3 is 0 Å². The van der Waals surface area contributed by atoms with E-state index in [-0.39, 0.29) is 35.7 Å². The van der Waals surface area contributed by atoms with Gasteiger partial charge in [-0.25, -0.2) is 4.98 Å². The fourth-order valence-corrected chi connectivity index (χ4v) is 6.74. The summed E-state index contributed by atoms with van der Waals surface area (Å²) in [7, 11) is 1.59. The summed E-state index contributed by atoms with van der Waals surface area (Å²) >= 11 is 0. The Labute approximate surface area is 298 Å². The van der Waals surface area contributed by atoms with Crippen molar-refractivity contribution in [2.45, 2.75) is 70.1 Å². The van der Waals surface area contributed by atoms with Crippen molar-refractivity contribution in [2.75, 3.05) is 12.4 Å². The number of aromatic nitrogens is 2. The van der Waals surface area contributed by atoms with Gasteiger partial charge in [0, 0.05) is 71.8 Å². The van der Waals surface area contributed by atoms with Gasteiger partial charge in [-0.3, -0.25) is 9.59 Å². The molecule has 0 saturated heterocycles. The van der Waals surface area contributed by atoms with Crippen LogP contribution in [-0.2, 0) is 15.0 Å². The molecule has 1 amide bonds. The number of ketones is 1. The SMILES string of the molecule is C=c1c2ccc(N[C@H]3C[C@@H](Oc4ccc(C(C)(C)c5ccc(Oc6ccc(C(C)=O)nc6)cc5)cc4)C3)cc2c(=C)n1C(CCC=O)C(=O)NC. The van der Waals surface area contributed by atoms with Gasteiger partial charge in [-0.15, -0.1) is 0 Å². The Kier molecular flexibility index (Phi) is 10.1. The Hall–Kier alpha value is -5.70. The third kappa shape index (κ3) is 7.43. The number of fused-ring (bicyclic) bond motifs is 1. The normalized spacial score (nSPS) is 16.2. The Morgan fingerprint density at radius 1 is 0.922 bits per heavy atom. The molecule has 5 aromatic rings. The van der Waals surface area contributed by atoms with Crippen molar-refractivity contribution < 1.29 is 23.9 Å². The van der Waals surface area contributed by atoms with E-state index in [1.807, 2.05) is 41.0 Å². The molecule has 3 aromatic carbocycles. The van der Waals surface area contributed by atoms with Gasteiger partial charge in [0.2, 0.25) is 5.91 Å². The van der Waals surface area contributed by atoms with E-state index in [2.05, 4.69) is 73.0 Å². The van der Waals surface area contributed by atoms with Crippen molar-refractivity contribution >= 4 is 47.6 Å². The molecule has 2 aromatic heterocycles. The Bertz CT molecular complexity index is 2150. The number of anilines is 1. The standard InChI is InChI=1S/C42H44N4O5/c1-26-37-19-13-31(24-38(37)27(2)46(26)40(8-7-21-47)41(49)43-6)45-32-22-36(23-32)51-34-16-11-30(12-17-34)42(4,5)29-9-14-33(15-10-29)50-35-18-20-39(28(3)48)44-25-35/h9-21,24-25,32,36,40,45H,1-2,7-8,22-23H2,3-6H3,(H,43,49)/t32-,36+,40?. The number of amides is 1. The summed E-state index contributed by atoms with van der Waals surface area (Å²) in [6.07, 6.45) is 4.92. The largest absolute Gasteiger partial charge is 0.490 e. The van der Waals surface area contributed by atoms with Crippen molar-refractivity contribution in [3.05, 3.63) is 113 Å². The van der Waals surface area contributed by atoms with E-state index in [0.29, 0.717) is 34.3 Å². The molecular formula is C42H44N4O5. The molecule has 1 saturated carbocycles. The van der Waals surface area contributed by atoms with Crippen LogP contribution in [0.25, 0.3) is 23.9 Å². The van der Waals surface area contributed by atoms with E-state index in [9.17, 15) is 14.4 Å².